The van der Waals surface area contributed by atoms with Gasteiger partial charge in [-0.15, -0.1) is 0 Å². The van der Waals surface area contributed by atoms with Crippen LogP contribution < -0.4 is 4.90 Å². The van der Waals surface area contributed by atoms with E-state index in [0.29, 0.717) is 30.1 Å². The number of carboxylic acid groups (broad SMARTS) is 1. The third kappa shape index (κ3) is 4.56. The normalized spacial score (nSPS) is 19.6. The summed E-state index contributed by atoms with van der Waals surface area (Å²) in [5.74, 6) is -0.934. The topological polar surface area (TPSA) is 70.1 Å². The van der Waals surface area contributed by atoms with Crippen LogP contribution in [0, 0.1) is 0 Å². The average Bonchev–Trinajstić information content (AvgIpc) is 3.01. The molecule has 2 aliphatic rings. The zero-order valence-electron chi connectivity index (χ0n) is 15.9. The van der Waals surface area contributed by atoms with Crippen molar-refractivity contribution in [2.24, 2.45) is 0 Å². The third-order valence-corrected chi connectivity index (χ3v) is 4.97. The van der Waals surface area contributed by atoms with Crippen molar-refractivity contribution in [1.82, 2.24) is 4.90 Å². The molecule has 1 aromatic carbocycles. The van der Waals surface area contributed by atoms with Crippen LogP contribution in [0.15, 0.2) is 30.0 Å². The number of aliphatic carboxylic acids is 1. The number of carboxylic acids is 1. The molecule has 27 heavy (non-hydrogen) atoms. The van der Waals surface area contributed by atoms with Crippen LogP contribution in [0.1, 0.15) is 39.2 Å². The van der Waals surface area contributed by atoms with Crippen molar-refractivity contribution >= 4 is 29.4 Å². The van der Waals surface area contributed by atoms with E-state index in [1.165, 1.54) is 0 Å². The molecule has 7 heteroatoms. The first-order chi connectivity index (χ1) is 12.6. The Morgan fingerprint density at radius 3 is 2.74 bits per heavy atom. The number of likely N-dealkylation sites (tertiary alicyclic amines) is 1. The van der Waals surface area contributed by atoms with E-state index in [2.05, 4.69) is 0 Å². The first kappa shape index (κ1) is 19.5. The molecule has 1 atom stereocenters. The van der Waals surface area contributed by atoms with Crippen molar-refractivity contribution in [3.63, 3.8) is 0 Å². The molecule has 1 fully saturated rings. The summed E-state index contributed by atoms with van der Waals surface area (Å²) in [6.07, 6.45) is 3.44. The second kappa shape index (κ2) is 7.43. The van der Waals surface area contributed by atoms with Crippen LogP contribution in [-0.2, 0) is 16.0 Å². The second-order valence-corrected chi connectivity index (χ2v) is 8.47. The van der Waals surface area contributed by atoms with Crippen LogP contribution in [0.25, 0.3) is 0 Å². The first-order valence-corrected chi connectivity index (χ1v) is 9.50. The quantitative estimate of drug-likeness (QED) is 0.839. The standard InChI is InChI=1S/C20H25ClN2O4/c1-20(2,3)27-19(26)23-8-4-5-16(23)12-22-11-14(18(24)25)9-13-6-7-15(21)10-17(13)22/h6-7,10-11,16H,4-5,8-9,12H2,1-3H3,(H,24,25)/t16-/m0/s1. The zero-order valence-corrected chi connectivity index (χ0v) is 16.6. The molecule has 0 unspecified atom stereocenters. The Labute approximate surface area is 164 Å². The van der Waals surface area contributed by atoms with Gasteiger partial charge in [-0.3, -0.25) is 0 Å². The van der Waals surface area contributed by atoms with Gasteiger partial charge in [-0.1, -0.05) is 17.7 Å². The highest BCUT2D eigenvalue weighted by atomic mass is 35.5. The van der Waals surface area contributed by atoms with E-state index >= 15 is 0 Å². The van der Waals surface area contributed by atoms with E-state index in [1.54, 1.807) is 17.2 Å². The number of fused-ring (bicyclic) bond motifs is 1. The van der Waals surface area contributed by atoms with Crippen molar-refractivity contribution in [1.29, 1.82) is 0 Å². The van der Waals surface area contributed by atoms with E-state index in [1.807, 2.05) is 37.8 Å². The predicted molar refractivity (Wildman–Crippen MR) is 104 cm³/mol. The maximum Gasteiger partial charge on any atom is 0.410 e. The molecule has 6 nitrogen and oxygen atoms in total. The van der Waals surface area contributed by atoms with Gasteiger partial charge in [-0.2, -0.15) is 0 Å². The molecule has 0 spiro atoms. The Hall–Kier alpha value is -2.21. The van der Waals surface area contributed by atoms with E-state index in [-0.39, 0.29) is 12.1 Å². The van der Waals surface area contributed by atoms with Gasteiger partial charge in [-0.05, 0) is 51.3 Å². The van der Waals surface area contributed by atoms with E-state index in [4.69, 9.17) is 16.3 Å². The molecule has 2 heterocycles. The molecular weight excluding hydrogens is 368 g/mol. The van der Waals surface area contributed by atoms with Crippen molar-refractivity contribution in [2.75, 3.05) is 18.0 Å². The number of rotatable bonds is 3. The van der Waals surface area contributed by atoms with Gasteiger partial charge >= 0.3 is 12.1 Å². The summed E-state index contributed by atoms with van der Waals surface area (Å²) in [5, 5.41) is 10.1. The monoisotopic (exact) mass is 392 g/mol. The molecule has 146 valence electrons. The summed E-state index contributed by atoms with van der Waals surface area (Å²) in [7, 11) is 0. The van der Waals surface area contributed by atoms with Crippen molar-refractivity contribution in [3.05, 3.63) is 40.6 Å². The lowest BCUT2D eigenvalue weighted by molar-refractivity contribution is -0.132. The van der Waals surface area contributed by atoms with Crippen molar-refractivity contribution in [3.8, 4) is 0 Å². The molecule has 0 saturated carbocycles. The van der Waals surface area contributed by atoms with Crippen molar-refractivity contribution in [2.45, 2.75) is 51.7 Å². The largest absolute Gasteiger partial charge is 0.478 e. The number of amides is 1. The highest BCUT2D eigenvalue weighted by molar-refractivity contribution is 6.30. The lowest BCUT2D eigenvalue weighted by Crippen LogP contribution is -2.45. The number of carbonyl (C=O) groups excluding carboxylic acids is 1. The SMILES string of the molecule is CC(C)(C)OC(=O)N1CCC[C@H]1CN1C=C(C(=O)O)Cc2ccc(Cl)cc21. The van der Waals surface area contributed by atoms with Gasteiger partial charge in [0, 0.05) is 36.4 Å². The smallest absolute Gasteiger partial charge is 0.410 e. The minimum atomic E-state index is -0.934. The van der Waals surface area contributed by atoms with Gasteiger partial charge in [0.25, 0.3) is 0 Å². The first-order valence-electron chi connectivity index (χ1n) is 9.13. The summed E-state index contributed by atoms with van der Waals surface area (Å²) >= 11 is 6.16. The van der Waals surface area contributed by atoms with Crippen LogP contribution in [-0.4, -0.2) is 46.8 Å². The van der Waals surface area contributed by atoms with Crippen LogP contribution in [0.4, 0.5) is 10.5 Å². The molecule has 0 aliphatic carbocycles. The molecular formula is C20H25ClN2O4. The maximum absolute atomic E-state index is 12.5. The van der Waals surface area contributed by atoms with Gasteiger partial charge in [0.2, 0.25) is 0 Å². The lowest BCUT2D eigenvalue weighted by atomic mass is 9.99. The number of anilines is 1. The Balaban J connectivity index is 1.84. The number of hydrogen-bond donors (Lipinski definition) is 1. The third-order valence-electron chi connectivity index (χ3n) is 4.74. The van der Waals surface area contributed by atoms with Gasteiger partial charge < -0.3 is 19.6 Å². The molecule has 0 bridgehead atoms. The van der Waals surface area contributed by atoms with E-state index in [9.17, 15) is 14.7 Å². The molecule has 1 saturated heterocycles. The fourth-order valence-corrected chi connectivity index (χ4v) is 3.72. The molecule has 0 aromatic heterocycles. The van der Waals surface area contributed by atoms with Gasteiger partial charge in [0.05, 0.1) is 11.6 Å². The summed E-state index contributed by atoms with van der Waals surface area (Å²) in [4.78, 5) is 27.7. The molecule has 1 N–H and O–H groups in total. The van der Waals surface area contributed by atoms with Gasteiger partial charge in [0.1, 0.15) is 5.60 Å². The van der Waals surface area contributed by atoms with Gasteiger partial charge in [-0.25, -0.2) is 9.59 Å². The second-order valence-electron chi connectivity index (χ2n) is 8.03. The van der Waals surface area contributed by atoms with Gasteiger partial charge in [0.15, 0.2) is 0 Å². The molecule has 3 rings (SSSR count). The Bertz CT molecular complexity index is 785. The number of ether oxygens (including phenoxy) is 1. The minimum absolute atomic E-state index is 0.0453. The molecule has 1 amide bonds. The number of benzene rings is 1. The number of nitrogens with zero attached hydrogens (tertiary/aromatic N) is 2. The highest BCUT2D eigenvalue weighted by Crippen LogP contribution is 2.33. The number of hydrogen-bond acceptors (Lipinski definition) is 4. The summed E-state index contributed by atoms with van der Waals surface area (Å²) < 4.78 is 5.53. The average molecular weight is 393 g/mol. The Morgan fingerprint density at radius 2 is 2.07 bits per heavy atom. The van der Waals surface area contributed by atoms with Crippen LogP contribution in [0.3, 0.4) is 0 Å². The zero-order chi connectivity index (χ0) is 19.8. The lowest BCUT2D eigenvalue weighted by Gasteiger charge is -2.34. The molecule has 1 aromatic rings. The minimum Gasteiger partial charge on any atom is -0.478 e. The number of halogens is 1. The summed E-state index contributed by atoms with van der Waals surface area (Å²) in [6, 6.07) is 5.43. The van der Waals surface area contributed by atoms with E-state index in [0.717, 1.165) is 24.1 Å². The fourth-order valence-electron chi connectivity index (χ4n) is 3.56. The molecule has 0 radical (unpaired) electrons. The summed E-state index contributed by atoms with van der Waals surface area (Å²) in [6.45, 7) is 6.69. The van der Waals surface area contributed by atoms with E-state index < -0.39 is 11.6 Å². The van der Waals surface area contributed by atoms with Crippen molar-refractivity contribution < 1.29 is 19.4 Å². The highest BCUT2D eigenvalue weighted by Gasteiger charge is 2.34. The maximum atomic E-state index is 12.5. The summed E-state index contributed by atoms with van der Waals surface area (Å²) in [5.41, 5.74) is 1.59. The number of carbonyl (C=O) groups is 2. The van der Waals surface area contributed by atoms with Crippen LogP contribution >= 0.6 is 11.6 Å². The predicted octanol–water partition coefficient (Wildman–Crippen LogP) is 4.07. The Kier molecular flexibility index (Phi) is 5.38. The Morgan fingerprint density at radius 1 is 1.33 bits per heavy atom. The molecule has 2 aliphatic heterocycles. The van der Waals surface area contributed by atoms with Crippen LogP contribution in [0.2, 0.25) is 5.02 Å². The van der Waals surface area contributed by atoms with Crippen LogP contribution in [0.5, 0.6) is 0 Å². The fraction of sp³-hybridized carbons (Fsp3) is 0.500.